The summed E-state index contributed by atoms with van der Waals surface area (Å²) >= 11 is 0. The van der Waals surface area contributed by atoms with Crippen LogP contribution in [-0.4, -0.2) is 18.0 Å². The number of hydrogen-bond acceptors (Lipinski definition) is 7. The Balaban J connectivity index is 1.85. The molecule has 114 valence electrons. The van der Waals surface area contributed by atoms with Crippen LogP contribution in [0.1, 0.15) is 36.0 Å². The molecule has 0 amide bonds. The summed E-state index contributed by atoms with van der Waals surface area (Å²) in [6, 6.07) is 6.35. The van der Waals surface area contributed by atoms with E-state index < -0.39 is 11.9 Å². The summed E-state index contributed by atoms with van der Waals surface area (Å²) < 4.78 is 5.42. The minimum absolute atomic E-state index is 0.190. The van der Waals surface area contributed by atoms with Crippen molar-refractivity contribution < 1.29 is 24.0 Å². The summed E-state index contributed by atoms with van der Waals surface area (Å²) in [5.74, 6) is 9.33. The van der Waals surface area contributed by atoms with Crippen LogP contribution in [0.3, 0.4) is 0 Å². The fourth-order valence-electron chi connectivity index (χ4n) is 2.40. The van der Waals surface area contributed by atoms with E-state index in [9.17, 15) is 9.59 Å². The highest BCUT2D eigenvalue weighted by atomic mass is 16.7. The number of nitrogens with two attached hydrogens (primary N) is 2. The van der Waals surface area contributed by atoms with Crippen molar-refractivity contribution in [2.45, 2.75) is 31.8 Å². The monoisotopic (exact) mass is 294 g/mol. The number of carbonyl (C=O) groups excluding carboxylic acids is 2. The number of carbonyl (C=O) groups is 2. The first-order valence-corrected chi connectivity index (χ1v) is 6.72. The van der Waals surface area contributed by atoms with Gasteiger partial charge in [0.1, 0.15) is 11.9 Å². The Morgan fingerprint density at radius 2 is 1.62 bits per heavy atom. The molecule has 0 radical (unpaired) electrons. The van der Waals surface area contributed by atoms with Crippen LogP contribution < -0.4 is 16.6 Å². The predicted molar refractivity (Wildman–Crippen MR) is 72.7 cm³/mol. The highest BCUT2D eigenvalue weighted by Gasteiger charge is 2.29. The Bertz CT molecular complexity index is 495. The van der Waals surface area contributed by atoms with Crippen LogP contribution in [0.4, 0.5) is 0 Å². The first-order valence-electron chi connectivity index (χ1n) is 6.72. The normalized spacial score (nSPS) is 21.4. The molecule has 0 aromatic heterocycles. The number of hydrogen-bond donors (Lipinski definition) is 2. The van der Waals surface area contributed by atoms with E-state index in [2.05, 4.69) is 9.68 Å². The Hall–Kier alpha value is -2.12. The molecule has 0 saturated heterocycles. The van der Waals surface area contributed by atoms with Crippen molar-refractivity contribution in [3.8, 4) is 5.75 Å². The second-order valence-electron chi connectivity index (χ2n) is 4.96. The number of rotatable bonds is 4. The average molecular weight is 294 g/mol. The topological polar surface area (TPSA) is 114 Å². The molecule has 7 nitrogen and oxygen atoms in total. The third kappa shape index (κ3) is 3.93. The minimum atomic E-state index is -0.405. The zero-order chi connectivity index (χ0) is 15.2. The summed E-state index contributed by atoms with van der Waals surface area (Å²) in [6.45, 7) is 0. The van der Waals surface area contributed by atoms with Gasteiger partial charge in [0.25, 0.3) is 0 Å². The average Bonchev–Trinajstić information content (AvgIpc) is 2.55. The largest absolute Gasteiger partial charge is 0.459 e. The van der Waals surface area contributed by atoms with Crippen LogP contribution in [0.5, 0.6) is 5.75 Å². The molecule has 0 heterocycles. The van der Waals surface area contributed by atoms with Gasteiger partial charge in [0.15, 0.2) is 0 Å². The van der Waals surface area contributed by atoms with Crippen molar-refractivity contribution in [2.75, 3.05) is 0 Å². The summed E-state index contributed by atoms with van der Waals surface area (Å²) in [6.07, 6.45) is 2.26. The van der Waals surface area contributed by atoms with Gasteiger partial charge in [0.05, 0.1) is 11.5 Å². The van der Waals surface area contributed by atoms with E-state index in [4.69, 9.17) is 16.5 Å². The van der Waals surface area contributed by atoms with Crippen molar-refractivity contribution in [2.24, 2.45) is 17.7 Å². The van der Waals surface area contributed by atoms with Gasteiger partial charge in [-0.25, -0.2) is 4.79 Å². The minimum Gasteiger partial charge on any atom is -0.459 e. The zero-order valence-corrected chi connectivity index (χ0v) is 11.5. The molecule has 1 aromatic rings. The van der Waals surface area contributed by atoms with Crippen LogP contribution in [0, 0.1) is 5.92 Å². The molecule has 1 saturated carbocycles. The SMILES string of the molecule is NOC(=O)C1CCC(OC(=O)c2ccc(ON)cc2)CC1. The smallest absolute Gasteiger partial charge is 0.338 e. The van der Waals surface area contributed by atoms with E-state index in [1.54, 1.807) is 24.3 Å². The molecule has 0 bridgehead atoms. The third-order valence-corrected chi connectivity index (χ3v) is 3.62. The van der Waals surface area contributed by atoms with Gasteiger partial charge in [-0.05, 0) is 49.9 Å². The molecule has 0 unspecified atom stereocenters. The molecule has 2 rings (SSSR count). The number of benzene rings is 1. The molecule has 1 aromatic carbocycles. The second-order valence-corrected chi connectivity index (χ2v) is 4.96. The van der Waals surface area contributed by atoms with Crippen molar-refractivity contribution in [1.29, 1.82) is 0 Å². The van der Waals surface area contributed by atoms with Crippen molar-refractivity contribution >= 4 is 11.9 Å². The summed E-state index contributed by atoms with van der Waals surface area (Å²) in [7, 11) is 0. The standard InChI is InChI=1S/C14H18N2O5/c15-20-12-7-3-9(4-8-12)13(17)19-11-5-1-10(2-6-11)14(18)21-16/h3-4,7-8,10-11H,1-2,5-6,15-16H2. The molecule has 1 fully saturated rings. The highest BCUT2D eigenvalue weighted by molar-refractivity contribution is 5.89. The van der Waals surface area contributed by atoms with Crippen LogP contribution in [0.15, 0.2) is 24.3 Å². The van der Waals surface area contributed by atoms with Gasteiger partial charge in [-0.1, -0.05) is 0 Å². The molecule has 21 heavy (non-hydrogen) atoms. The van der Waals surface area contributed by atoms with Crippen LogP contribution >= 0.6 is 0 Å². The fraction of sp³-hybridized carbons (Fsp3) is 0.429. The van der Waals surface area contributed by atoms with Crippen LogP contribution in [-0.2, 0) is 14.4 Å². The van der Waals surface area contributed by atoms with Crippen LogP contribution in [0.2, 0.25) is 0 Å². The van der Waals surface area contributed by atoms with E-state index in [1.165, 1.54) is 0 Å². The summed E-state index contributed by atoms with van der Waals surface area (Å²) in [5, 5.41) is 0. The van der Waals surface area contributed by atoms with E-state index >= 15 is 0 Å². The zero-order valence-electron chi connectivity index (χ0n) is 11.5. The molecule has 0 aliphatic heterocycles. The first kappa shape index (κ1) is 15.3. The molecular formula is C14H18N2O5. The van der Waals surface area contributed by atoms with Gasteiger partial charge in [-0.2, -0.15) is 11.8 Å². The summed E-state index contributed by atoms with van der Waals surface area (Å²) in [4.78, 5) is 32.0. The van der Waals surface area contributed by atoms with Gasteiger partial charge in [0, 0.05) is 0 Å². The lowest BCUT2D eigenvalue weighted by Gasteiger charge is -2.26. The molecule has 1 aliphatic rings. The maximum atomic E-state index is 12.0. The van der Waals surface area contributed by atoms with Gasteiger partial charge in [-0.15, -0.1) is 0 Å². The predicted octanol–water partition coefficient (Wildman–Crippen LogP) is 1.07. The second kappa shape index (κ2) is 7.05. The lowest BCUT2D eigenvalue weighted by molar-refractivity contribution is -0.150. The quantitative estimate of drug-likeness (QED) is 0.630. The molecular weight excluding hydrogens is 276 g/mol. The molecule has 0 atom stereocenters. The van der Waals surface area contributed by atoms with Gasteiger partial charge in [-0.3, -0.25) is 4.79 Å². The lowest BCUT2D eigenvalue weighted by Crippen LogP contribution is -2.30. The van der Waals surface area contributed by atoms with Crippen molar-refractivity contribution in [1.82, 2.24) is 0 Å². The molecule has 7 heteroatoms. The first-order chi connectivity index (χ1) is 10.1. The van der Waals surface area contributed by atoms with Crippen LogP contribution in [0.25, 0.3) is 0 Å². The van der Waals surface area contributed by atoms with E-state index in [0.29, 0.717) is 37.0 Å². The molecule has 4 N–H and O–H groups in total. The molecule has 1 aliphatic carbocycles. The Morgan fingerprint density at radius 3 is 2.14 bits per heavy atom. The Labute approximate surface area is 122 Å². The van der Waals surface area contributed by atoms with E-state index in [-0.39, 0.29) is 12.0 Å². The maximum absolute atomic E-state index is 12.0. The van der Waals surface area contributed by atoms with Gasteiger partial charge in [0.2, 0.25) is 0 Å². The Morgan fingerprint density at radius 1 is 1.00 bits per heavy atom. The number of ether oxygens (including phenoxy) is 1. The summed E-state index contributed by atoms with van der Waals surface area (Å²) in [5.41, 5.74) is 0.430. The van der Waals surface area contributed by atoms with Gasteiger partial charge < -0.3 is 14.4 Å². The Kier molecular flexibility index (Phi) is 5.13. The number of esters is 1. The van der Waals surface area contributed by atoms with Gasteiger partial charge >= 0.3 is 11.9 Å². The van der Waals surface area contributed by atoms with E-state index in [1.807, 2.05) is 0 Å². The maximum Gasteiger partial charge on any atom is 0.338 e. The molecule has 0 spiro atoms. The van der Waals surface area contributed by atoms with Crippen molar-refractivity contribution in [3.05, 3.63) is 29.8 Å². The van der Waals surface area contributed by atoms with Crippen molar-refractivity contribution in [3.63, 3.8) is 0 Å². The van der Waals surface area contributed by atoms with E-state index in [0.717, 1.165) is 0 Å². The third-order valence-electron chi connectivity index (χ3n) is 3.62. The fourth-order valence-corrected chi connectivity index (χ4v) is 2.40. The lowest BCUT2D eigenvalue weighted by atomic mass is 9.87. The highest BCUT2D eigenvalue weighted by Crippen LogP contribution is 2.27.